The summed E-state index contributed by atoms with van der Waals surface area (Å²) in [7, 11) is 5.37. The van der Waals surface area contributed by atoms with Crippen molar-refractivity contribution in [1.82, 2.24) is 9.88 Å². The molecular weight excluding hydrogens is 202 g/mol. The first-order chi connectivity index (χ1) is 7.67. The van der Waals surface area contributed by atoms with Gasteiger partial charge in [0.2, 0.25) is 0 Å². The maximum Gasteiger partial charge on any atom is 0.136 e. The van der Waals surface area contributed by atoms with E-state index >= 15 is 0 Å². The van der Waals surface area contributed by atoms with Crippen molar-refractivity contribution in [2.24, 2.45) is 0 Å². The van der Waals surface area contributed by atoms with E-state index in [-0.39, 0.29) is 0 Å². The number of nitrogens with zero attached hydrogens (tertiary/aromatic N) is 2. The van der Waals surface area contributed by atoms with Crippen LogP contribution < -0.4 is 0 Å². The summed E-state index contributed by atoms with van der Waals surface area (Å²) in [6, 6.07) is 5.83. The molecule has 1 N–H and O–H groups in total. The molecule has 1 heterocycles. The van der Waals surface area contributed by atoms with Crippen LogP contribution in [0.15, 0.2) is 36.4 Å². The molecule has 4 heteroatoms. The van der Waals surface area contributed by atoms with Gasteiger partial charge < -0.3 is 14.6 Å². The topological polar surface area (TPSA) is 52.0 Å². The third kappa shape index (κ3) is 3.21. The Kier molecular flexibility index (Phi) is 4.22. The van der Waals surface area contributed by atoms with Crippen LogP contribution >= 0.6 is 0 Å². The SMILES string of the molecule is COC(=C\N(C)C)/C=C(\C#N)c1ccc[nH]1. The minimum atomic E-state index is 0.542. The quantitative estimate of drug-likeness (QED) is 0.476. The van der Waals surface area contributed by atoms with E-state index < -0.39 is 0 Å². The second kappa shape index (κ2) is 5.66. The zero-order valence-corrected chi connectivity index (χ0v) is 9.69. The van der Waals surface area contributed by atoms with Crippen molar-refractivity contribution < 1.29 is 4.74 Å². The highest BCUT2D eigenvalue weighted by molar-refractivity contribution is 5.76. The van der Waals surface area contributed by atoms with E-state index in [1.54, 1.807) is 25.6 Å². The van der Waals surface area contributed by atoms with Gasteiger partial charge in [0.05, 0.1) is 18.4 Å². The minimum absolute atomic E-state index is 0.542. The summed E-state index contributed by atoms with van der Waals surface area (Å²) in [4.78, 5) is 4.84. The summed E-state index contributed by atoms with van der Waals surface area (Å²) in [5.41, 5.74) is 1.32. The van der Waals surface area contributed by atoms with E-state index in [4.69, 9.17) is 10.00 Å². The average molecular weight is 217 g/mol. The molecule has 0 spiro atoms. The Balaban J connectivity index is 3.01. The fourth-order valence-electron chi connectivity index (χ4n) is 1.21. The van der Waals surface area contributed by atoms with Gasteiger partial charge in [-0.05, 0) is 12.1 Å². The van der Waals surface area contributed by atoms with Gasteiger partial charge in [-0.15, -0.1) is 0 Å². The second-order valence-electron chi connectivity index (χ2n) is 3.45. The van der Waals surface area contributed by atoms with Crippen LogP contribution in [0.1, 0.15) is 5.69 Å². The Morgan fingerprint density at radius 1 is 1.56 bits per heavy atom. The van der Waals surface area contributed by atoms with E-state index in [2.05, 4.69) is 11.1 Å². The summed E-state index contributed by atoms with van der Waals surface area (Å²) in [6.45, 7) is 0. The predicted molar refractivity (Wildman–Crippen MR) is 63.2 cm³/mol. The maximum atomic E-state index is 9.04. The molecule has 4 nitrogen and oxygen atoms in total. The number of hydrogen-bond acceptors (Lipinski definition) is 3. The Morgan fingerprint density at radius 2 is 2.31 bits per heavy atom. The summed E-state index contributed by atoms with van der Waals surface area (Å²) in [5.74, 6) is 0.635. The van der Waals surface area contributed by atoms with Crippen molar-refractivity contribution >= 4 is 5.57 Å². The Hall–Kier alpha value is -2.15. The third-order valence-electron chi connectivity index (χ3n) is 1.92. The summed E-state index contributed by atoms with van der Waals surface area (Å²) in [6.07, 6.45) is 5.29. The Labute approximate surface area is 95.4 Å². The van der Waals surface area contributed by atoms with Crippen molar-refractivity contribution in [2.45, 2.75) is 0 Å². The van der Waals surface area contributed by atoms with Crippen LogP contribution in [-0.2, 0) is 4.74 Å². The number of rotatable bonds is 4. The second-order valence-corrected chi connectivity index (χ2v) is 3.45. The number of aromatic amines is 1. The molecule has 0 fully saturated rings. The smallest absolute Gasteiger partial charge is 0.136 e. The van der Waals surface area contributed by atoms with Crippen LogP contribution in [0.2, 0.25) is 0 Å². The third-order valence-corrected chi connectivity index (χ3v) is 1.92. The number of aromatic nitrogens is 1. The van der Waals surface area contributed by atoms with Crippen LogP contribution in [0, 0.1) is 11.3 Å². The van der Waals surface area contributed by atoms with Crippen molar-refractivity contribution in [1.29, 1.82) is 5.26 Å². The number of hydrogen-bond donors (Lipinski definition) is 1. The lowest BCUT2D eigenvalue weighted by Gasteiger charge is -2.08. The zero-order chi connectivity index (χ0) is 12.0. The molecule has 84 valence electrons. The summed E-state index contributed by atoms with van der Waals surface area (Å²) in [5, 5.41) is 9.04. The molecule has 1 aromatic rings. The maximum absolute atomic E-state index is 9.04. The van der Waals surface area contributed by atoms with E-state index in [1.165, 1.54) is 0 Å². The first kappa shape index (κ1) is 11.9. The van der Waals surface area contributed by atoms with E-state index in [0.717, 1.165) is 5.69 Å². The average Bonchev–Trinajstić information content (AvgIpc) is 2.76. The van der Waals surface area contributed by atoms with Gasteiger partial charge in [-0.2, -0.15) is 5.26 Å². The van der Waals surface area contributed by atoms with E-state index in [1.807, 2.05) is 31.1 Å². The van der Waals surface area contributed by atoms with Gasteiger partial charge in [-0.25, -0.2) is 0 Å². The number of nitriles is 1. The van der Waals surface area contributed by atoms with Crippen molar-refractivity contribution in [3.8, 4) is 6.07 Å². The highest BCUT2D eigenvalue weighted by atomic mass is 16.5. The fourth-order valence-corrected chi connectivity index (χ4v) is 1.21. The van der Waals surface area contributed by atoms with Crippen molar-refractivity contribution in [3.05, 3.63) is 42.1 Å². The van der Waals surface area contributed by atoms with Gasteiger partial charge in [-0.1, -0.05) is 0 Å². The van der Waals surface area contributed by atoms with Crippen molar-refractivity contribution in [2.75, 3.05) is 21.2 Å². The van der Waals surface area contributed by atoms with Gasteiger partial charge in [0.1, 0.15) is 11.8 Å². The lowest BCUT2D eigenvalue weighted by atomic mass is 10.2. The highest BCUT2D eigenvalue weighted by Crippen LogP contribution is 2.14. The molecule has 1 rings (SSSR count). The molecule has 1 aromatic heterocycles. The molecule has 0 bridgehead atoms. The number of ether oxygens (including phenoxy) is 1. The lowest BCUT2D eigenvalue weighted by molar-refractivity contribution is 0.297. The van der Waals surface area contributed by atoms with E-state index in [0.29, 0.717) is 11.3 Å². The lowest BCUT2D eigenvalue weighted by Crippen LogP contribution is -2.03. The van der Waals surface area contributed by atoms with Gasteiger partial charge in [-0.3, -0.25) is 0 Å². The molecular formula is C12H15N3O. The first-order valence-electron chi connectivity index (χ1n) is 4.85. The Morgan fingerprint density at radius 3 is 2.75 bits per heavy atom. The minimum Gasteiger partial charge on any atom is -0.495 e. The van der Waals surface area contributed by atoms with Gasteiger partial charge in [0, 0.05) is 32.6 Å². The normalized spacial score (nSPS) is 12.1. The zero-order valence-electron chi connectivity index (χ0n) is 9.69. The van der Waals surface area contributed by atoms with Crippen LogP contribution in [0.5, 0.6) is 0 Å². The first-order valence-corrected chi connectivity index (χ1v) is 4.85. The van der Waals surface area contributed by atoms with Crippen molar-refractivity contribution in [3.63, 3.8) is 0 Å². The van der Waals surface area contributed by atoms with E-state index in [9.17, 15) is 0 Å². The van der Waals surface area contributed by atoms with Crippen LogP contribution in [0.4, 0.5) is 0 Å². The van der Waals surface area contributed by atoms with Crippen LogP contribution in [0.25, 0.3) is 5.57 Å². The number of H-pyrrole nitrogens is 1. The molecule has 0 unspecified atom stereocenters. The molecule has 0 radical (unpaired) electrons. The number of methoxy groups -OCH3 is 1. The molecule has 0 saturated heterocycles. The standard InChI is InChI=1S/C12H15N3O/c1-15(2)9-11(16-3)7-10(8-13)12-5-4-6-14-12/h4-7,9,14H,1-3H3/b10-7+,11-9-. The fraction of sp³-hybridized carbons (Fsp3) is 0.250. The summed E-state index contributed by atoms with van der Waals surface area (Å²) < 4.78 is 5.17. The molecule has 0 aliphatic heterocycles. The molecule has 0 aromatic carbocycles. The van der Waals surface area contributed by atoms with Gasteiger partial charge in [0.15, 0.2) is 0 Å². The number of nitrogens with one attached hydrogen (secondary N) is 1. The predicted octanol–water partition coefficient (Wildman–Crippen LogP) is 1.97. The molecule has 0 atom stereocenters. The molecule has 0 aliphatic carbocycles. The number of allylic oxidation sites excluding steroid dienone is 2. The van der Waals surface area contributed by atoms with Gasteiger partial charge >= 0.3 is 0 Å². The Bertz CT molecular complexity index is 422. The largest absolute Gasteiger partial charge is 0.495 e. The molecule has 0 amide bonds. The molecule has 16 heavy (non-hydrogen) atoms. The van der Waals surface area contributed by atoms with Crippen LogP contribution in [-0.4, -0.2) is 31.1 Å². The molecule has 0 aliphatic rings. The summed E-state index contributed by atoms with van der Waals surface area (Å²) >= 11 is 0. The monoisotopic (exact) mass is 217 g/mol. The van der Waals surface area contributed by atoms with Gasteiger partial charge in [0.25, 0.3) is 0 Å². The van der Waals surface area contributed by atoms with Crippen LogP contribution in [0.3, 0.4) is 0 Å². The highest BCUT2D eigenvalue weighted by Gasteiger charge is 2.02. The molecule has 0 saturated carbocycles.